The summed E-state index contributed by atoms with van der Waals surface area (Å²) in [6.07, 6.45) is 5.19. The number of aromatic nitrogens is 1. The zero-order chi connectivity index (χ0) is 23.6. The van der Waals surface area contributed by atoms with E-state index in [0.717, 1.165) is 24.5 Å². The Hall–Kier alpha value is -3.79. The van der Waals surface area contributed by atoms with Crippen molar-refractivity contribution in [3.8, 4) is 0 Å². The Balaban J connectivity index is 1.51. The van der Waals surface area contributed by atoms with Gasteiger partial charge in [-0.15, -0.1) is 0 Å². The molecule has 0 saturated carbocycles. The molecule has 0 aliphatic carbocycles. The van der Waals surface area contributed by atoms with Crippen molar-refractivity contribution in [1.82, 2.24) is 9.88 Å². The molecule has 1 aliphatic rings. The number of hydrogen-bond donors (Lipinski definition) is 1. The molecule has 10 heteroatoms. The van der Waals surface area contributed by atoms with Gasteiger partial charge in [0.05, 0.1) is 15.9 Å². The minimum absolute atomic E-state index is 0.0176. The van der Waals surface area contributed by atoms with E-state index in [1.807, 2.05) is 17.0 Å². The summed E-state index contributed by atoms with van der Waals surface area (Å²) >= 11 is 0. The largest absolute Gasteiger partial charge is 0.332 e. The van der Waals surface area contributed by atoms with E-state index >= 15 is 0 Å². The van der Waals surface area contributed by atoms with Crippen LogP contribution < -0.4 is 4.72 Å². The lowest BCUT2D eigenvalue weighted by atomic mass is 10.1. The SMILES string of the molecule is Cc1ccc(S(=O)(=O)Nc2ccc(C(=O)N3CCC[C@H]3c3ccncc3)cc2)cc1[N+](=O)[O-]. The summed E-state index contributed by atoms with van der Waals surface area (Å²) in [5.74, 6) is -0.127. The van der Waals surface area contributed by atoms with Crippen molar-refractivity contribution in [2.24, 2.45) is 0 Å². The van der Waals surface area contributed by atoms with Gasteiger partial charge in [-0.3, -0.25) is 24.6 Å². The molecular formula is C23H22N4O5S. The van der Waals surface area contributed by atoms with Crippen LogP contribution in [0.2, 0.25) is 0 Å². The summed E-state index contributed by atoms with van der Waals surface area (Å²) < 4.78 is 27.8. The molecule has 0 spiro atoms. The number of benzene rings is 2. The number of carbonyl (C=O) groups is 1. The predicted octanol–water partition coefficient (Wildman–Crippen LogP) is 4.08. The van der Waals surface area contributed by atoms with Gasteiger partial charge in [-0.05, 0) is 67.8 Å². The summed E-state index contributed by atoms with van der Waals surface area (Å²) in [5, 5.41) is 11.1. The number of carbonyl (C=O) groups excluding carboxylic acids is 1. The standard InChI is InChI=1S/C23H22N4O5S/c1-16-4-9-20(15-22(16)27(29)30)33(31,32)25-19-7-5-18(6-8-19)23(28)26-14-2-3-21(26)17-10-12-24-13-11-17/h4-13,15,21,25H,2-3,14H2,1H3/t21-/m0/s1. The van der Waals surface area contributed by atoms with E-state index < -0.39 is 14.9 Å². The molecular weight excluding hydrogens is 444 g/mol. The number of nitrogens with zero attached hydrogens (tertiary/aromatic N) is 3. The fraction of sp³-hybridized carbons (Fsp3) is 0.217. The molecule has 1 N–H and O–H groups in total. The van der Waals surface area contributed by atoms with Crippen molar-refractivity contribution in [2.75, 3.05) is 11.3 Å². The molecule has 0 unspecified atom stereocenters. The molecule has 1 amide bonds. The van der Waals surface area contributed by atoms with Crippen LogP contribution in [0.25, 0.3) is 0 Å². The highest BCUT2D eigenvalue weighted by atomic mass is 32.2. The highest BCUT2D eigenvalue weighted by molar-refractivity contribution is 7.92. The van der Waals surface area contributed by atoms with Crippen LogP contribution in [0, 0.1) is 17.0 Å². The zero-order valence-electron chi connectivity index (χ0n) is 17.8. The molecule has 1 aliphatic heterocycles. The van der Waals surface area contributed by atoms with Gasteiger partial charge in [0.25, 0.3) is 21.6 Å². The maximum atomic E-state index is 13.1. The number of likely N-dealkylation sites (tertiary alicyclic amines) is 1. The number of anilines is 1. The number of pyridine rings is 1. The molecule has 1 fully saturated rings. The molecule has 2 aromatic carbocycles. The first kappa shape index (κ1) is 22.4. The molecule has 3 aromatic rings. The molecule has 0 bridgehead atoms. The van der Waals surface area contributed by atoms with Crippen LogP contribution >= 0.6 is 0 Å². The molecule has 2 heterocycles. The molecule has 0 radical (unpaired) electrons. The van der Waals surface area contributed by atoms with E-state index in [-0.39, 0.29) is 28.2 Å². The molecule has 4 rings (SSSR count). The lowest BCUT2D eigenvalue weighted by Gasteiger charge is -2.25. The lowest BCUT2D eigenvalue weighted by Crippen LogP contribution is -2.30. The number of aryl methyl sites for hydroxylation is 1. The van der Waals surface area contributed by atoms with Gasteiger partial charge in [0.15, 0.2) is 0 Å². The van der Waals surface area contributed by atoms with E-state index in [2.05, 4.69) is 9.71 Å². The topological polar surface area (TPSA) is 123 Å². The second kappa shape index (κ2) is 8.99. The smallest absolute Gasteiger partial charge is 0.273 e. The predicted molar refractivity (Wildman–Crippen MR) is 122 cm³/mol. The first-order valence-electron chi connectivity index (χ1n) is 10.3. The van der Waals surface area contributed by atoms with Crippen molar-refractivity contribution in [3.05, 3.63) is 93.8 Å². The van der Waals surface area contributed by atoms with Gasteiger partial charge in [-0.25, -0.2) is 8.42 Å². The van der Waals surface area contributed by atoms with Crippen molar-refractivity contribution >= 4 is 27.3 Å². The monoisotopic (exact) mass is 466 g/mol. The van der Waals surface area contributed by atoms with Crippen LogP contribution in [0.1, 0.15) is 40.4 Å². The van der Waals surface area contributed by atoms with Crippen LogP contribution in [-0.2, 0) is 10.0 Å². The zero-order valence-corrected chi connectivity index (χ0v) is 18.7. The molecule has 9 nitrogen and oxygen atoms in total. The third kappa shape index (κ3) is 4.70. The first-order valence-corrected chi connectivity index (χ1v) is 11.8. The van der Waals surface area contributed by atoms with Crippen LogP contribution in [0.3, 0.4) is 0 Å². The van der Waals surface area contributed by atoms with Crippen LogP contribution in [0.4, 0.5) is 11.4 Å². The second-order valence-electron chi connectivity index (χ2n) is 7.83. The van der Waals surface area contributed by atoms with Gasteiger partial charge < -0.3 is 4.90 Å². The minimum atomic E-state index is -4.04. The second-order valence-corrected chi connectivity index (χ2v) is 9.51. The van der Waals surface area contributed by atoms with E-state index in [1.165, 1.54) is 31.2 Å². The molecule has 1 atom stereocenters. The Morgan fingerprint density at radius 2 is 1.82 bits per heavy atom. The Labute approximate surface area is 191 Å². The van der Waals surface area contributed by atoms with Gasteiger partial charge in [-0.2, -0.15) is 0 Å². The number of amides is 1. The number of nitro groups is 1. The van der Waals surface area contributed by atoms with E-state index in [9.17, 15) is 23.3 Å². The Bertz CT molecular complexity index is 1290. The molecule has 33 heavy (non-hydrogen) atoms. The molecule has 1 aromatic heterocycles. The Kier molecular flexibility index (Phi) is 6.10. The van der Waals surface area contributed by atoms with Crippen LogP contribution in [0.5, 0.6) is 0 Å². The van der Waals surface area contributed by atoms with Crippen molar-refractivity contribution < 1.29 is 18.1 Å². The lowest BCUT2D eigenvalue weighted by molar-refractivity contribution is -0.385. The Morgan fingerprint density at radius 3 is 2.48 bits per heavy atom. The van der Waals surface area contributed by atoms with Crippen LogP contribution in [0.15, 0.2) is 71.9 Å². The average molecular weight is 467 g/mol. The van der Waals surface area contributed by atoms with E-state index in [0.29, 0.717) is 17.7 Å². The summed E-state index contributed by atoms with van der Waals surface area (Å²) in [6, 6.07) is 13.7. The highest BCUT2D eigenvalue weighted by Gasteiger charge is 2.30. The fourth-order valence-corrected chi connectivity index (χ4v) is 5.03. The summed E-state index contributed by atoms with van der Waals surface area (Å²) in [7, 11) is -4.04. The minimum Gasteiger partial charge on any atom is -0.332 e. The van der Waals surface area contributed by atoms with Crippen LogP contribution in [-0.4, -0.2) is 35.7 Å². The summed E-state index contributed by atoms with van der Waals surface area (Å²) in [4.78, 5) is 29.2. The van der Waals surface area contributed by atoms with Gasteiger partial charge in [0.2, 0.25) is 0 Å². The van der Waals surface area contributed by atoms with Gasteiger partial charge in [0, 0.05) is 41.8 Å². The maximum Gasteiger partial charge on any atom is 0.273 e. The van der Waals surface area contributed by atoms with Crippen molar-refractivity contribution in [1.29, 1.82) is 0 Å². The Morgan fingerprint density at radius 1 is 1.12 bits per heavy atom. The third-order valence-corrected chi connectivity index (χ3v) is 7.06. The number of nitro benzene ring substituents is 1. The normalized spacial score (nSPS) is 15.9. The van der Waals surface area contributed by atoms with Crippen molar-refractivity contribution in [2.45, 2.75) is 30.7 Å². The molecule has 170 valence electrons. The van der Waals surface area contributed by atoms with Gasteiger partial charge in [-0.1, -0.05) is 6.07 Å². The average Bonchev–Trinajstić information content (AvgIpc) is 3.29. The maximum absolute atomic E-state index is 13.1. The van der Waals surface area contributed by atoms with Crippen molar-refractivity contribution in [3.63, 3.8) is 0 Å². The van der Waals surface area contributed by atoms with E-state index in [1.54, 1.807) is 24.5 Å². The number of sulfonamides is 1. The van der Waals surface area contributed by atoms with Gasteiger partial charge >= 0.3 is 0 Å². The summed E-state index contributed by atoms with van der Waals surface area (Å²) in [6.45, 7) is 2.18. The molecule has 1 saturated heterocycles. The third-order valence-electron chi connectivity index (χ3n) is 5.68. The fourth-order valence-electron chi connectivity index (χ4n) is 3.96. The quantitative estimate of drug-likeness (QED) is 0.431. The van der Waals surface area contributed by atoms with E-state index in [4.69, 9.17) is 0 Å². The number of hydrogen-bond acceptors (Lipinski definition) is 6. The number of rotatable bonds is 6. The first-order chi connectivity index (χ1) is 15.8. The number of nitrogens with one attached hydrogen (secondary N) is 1. The van der Waals surface area contributed by atoms with Gasteiger partial charge in [0.1, 0.15) is 0 Å². The summed E-state index contributed by atoms with van der Waals surface area (Å²) in [5.41, 5.74) is 1.83. The highest BCUT2D eigenvalue weighted by Crippen LogP contribution is 2.33.